The molecule has 8 nitrogen and oxygen atoms in total. The Labute approximate surface area is 185 Å². The van der Waals surface area contributed by atoms with Crippen LogP contribution in [-0.2, 0) is 6.54 Å². The first-order chi connectivity index (χ1) is 15.5. The number of hydrogen-bond donors (Lipinski definition) is 3. The van der Waals surface area contributed by atoms with E-state index in [4.69, 9.17) is 5.11 Å². The number of aromatic nitrogens is 4. The molecule has 0 radical (unpaired) electrons. The molecule has 3 N–H and O–H groups in total. The van der Waals surface area contributed by atoms with Crippen LogP contribution in [0.2, 0.25) is 0 Å². The third-order valence-electron chi connectivity index (χ3n) is 6.62. The van der Waals surface area contributed by atoms with Crippen LogP contribution in [0.4, 0.5) is 10.2 Å². The summed E-state index contributed by atoms with van der Waals surface area (Å²) in [6.45, 7) is 0.433. The zero-order valence-electron chi connectivity index (χ0n) is 17.9. The van der Waals surface area contributed by atoms with Crippen LogP contribution in [0.1, 0.15) is 19.3 Å². The lowest BCUT2D eigenvalue weighted by Gasteiger charge is -2.38. The maximum absolute atomic E-state index is 14.9. The molecule has 2 aliphatic heterocycles. The minimum atomic E-state index is -0.932. The van der Waals surface area contributed by atoms with E-state index in [0.29, 0.717) is 29.7 Å². The van der Waals surface area contributed by atoms with Gasteiger partial charge >= 0.3 is 0 Å². The molecule has 1 aromatic carbocycles. The predicted octanol–water partition coefficient (Wildman–Crippen LogP) is 2.37. The predicted molar refractivity (Wildman–Crippen MR) is 119 cm³/mol. The molecule has 32 heavy (non-hydrogen) atoms. The summed E-state index contributed by atoms with van der Waals surface area (Å²) in [4.78, 5) is 10.9. The minimum Gasteiger partial charge on any atom is -0.507 e. The molecule has 2 aliphatic rings. The lowest BCUT2D eigenvalue weighted by atomic mass is 9.96. The van der Waals surface area contributed by atoms with Crippen molar-refractivity contribution in [3.05, 3.63) is 43.0 Å². The highest BCUT2D eigenvalue weighted by Gasteiger charge is 2.43. The zero-order valence-corrected chi connectivity index (χ0v) is 17.9. The summed E-state index contributed by atoms with van der Waals surface area (Å²) in [6, 6.07) is 5.43. The summed E-state index contributed by atoms with van der Waals surface area (Å²) in [5.74, 6) is 0.710. The molecule has 2 bridgehead atoms. The van der Waals surface area contributed by atoms with E-state index >= 15 is 0 Å². The molecule has 0 saturated carbocycles. The molecule has 0 amide bonds. The zero-order chi connectivity index (χ0) is 22.2. The number of anilines is 1. The largest absolute Gasteiger partial charge is 0.507 e. The molecule has 2 aromatic heterocycles. The Morgan fingerprint density at radius 2 is 2.06 bits per heavy atom. The summed E-state index contributed by atoms with van der Waals surface area (Å²) < 4.78 is 16.5. The number of benzene rings is 1. The number of halogens is 1. The average Bonchev–Trinajstić information content (AvgIpc) is 3.44. The summed E-state index contributed by atoms with van der Waals surface area (Å²) in [5, 5.41) is 27.2. The van der Waals surface area contributed by atoms with Gasteiger partial charge in [-0.2, -0.15) is 5.10 Å². The van der Waals surface area contributed by atoms with Crippen molar-refractivity contribution < 1.29 is 14.6 Å². The number of piperidine rings is 1. The second-order valence-corrected chi connectivity index (χ2v) is 8.61. The van der Waals surface area contributed by atoms with Gasteiger partial charge in [-0.25, -0.2) is 9.37 Å². The van der Waals surface area contributed by atoms with Crippen molar-refractivity contribution in [2.75, 3.05) is 18.6 Å². The monoisotopic (exact) mass is 438 g/mol. The number of phenols is 1. The van der Waals surface area contributed by atoms with E-state index in [9.17, 15) is 9.50 Å². The van der Waals surface area contributed by atoms with Crippen LogP contribution in [-0.4, -0.2) is 67.9 Å². The van der Waals surface area contributed by atoms with Gasteiger partial charge in [-0.1, -0.05) is 6.07 Å². The fourth-order valence-corrected chi connectivity index (χ4v) is 4.83. The molecular weight excluding hydrogens is 411 g/mol. The Bertz CT molecular complexity index is 1090. The Hall–Kier alpha value is -3.04. The lowest BCUT2D eigenvalue weighted by molar-refractivity contribution is 0.176. The maximum Gasteiger partial charge on any atom is 0.147 e. The standard InChI is InChI=1S/C23H27FN6O2/c1-29(20-9-16-3-5-18(28-16)23(20)24)22-12-25-19(11-26-22)17-4-2-14(8-21(17)32)15-10-27-30(13-15)6-7-31/h2,4,8,10-13,16,18,20,23,28,31-32H,3,5-7,9H2,1H3/t16?,18?,20-,23+/m1/s1. The second-order valence-electron chi connectivity index (χ2n) is 8.61. The van der Waals surface area contributed by atoms with Crippen molar-refractivity contribution in [1.82, 2.24) is 25.1 Å². The lowest BCUT2D eigenvalue weighted by Crippen LogP contribution is -2.55. The highest BCUT2D eigenvalue weighted by Crippen LogP contribution is 2.35. The second kappa shape index (κ2) is 8.48. The molecule has 0 spiro atoms. The number of phenolic OH excluding ortho intramolecular Hbond substituents is 1. The van der Waals surface area contributed by atoms with Crippen LogP contribution >= 0.6 is 0 Å². The van der Waals surface area contributed by atoms with E-state index in [-0.39, 0.29) is 24.4 Å². The smallest absolute Gasteiger partial charge is 0.147 e. The van der Waals surface area contributed by atoms with Crippen molar-refractivity contribution in [3.63, 3.8) is 0 Å². The molecule has 0 aliphatic carbocycles. The van der Waals surface area contributed by atoms with Gasteiger partial charge in [0.15, 0.2) is 0 Å². The van der Waals surface area contributed by atoms with Crippen LogP contribution in [0.25, 0.3) is 22.4 Å². The summed E-state index contributed by atoms with van der Waals surface area (Å²) in [5.41, 5.74) is 2.78. The quantitative estimate of drug-likeness (QED) is 0.543. The van der Waals surface area contributed by atoms with Gasteiger partial charge in [0.25, 0.3) is 0 Å². The van der Waals surface area contributed by atoms with Gasteiger partial charge in [0.2, 0.25) is 0 Å². The van der Waals surface area contributed by atoms with Gasteiger partial charge in [0.05, 0.1) is 43.5 Å². The SMILES string of the molecule is CN(c1cnc(-c2ccc(-c3cnn(CCO)c3)cc2O)cn1)[C@@H]1CC2CCC(N2)[C@@H]1F. The van der Waals surface area contributed by atoms with E-state index < -0.39 is 6.17 Å². The van der Waals surface area contributed by atoms with Crippen molar-refractivity contribution in [3.8, 4) is 28.1 Å². The molecule has 5 rings (SSSR count). The molecular formula is C23H27FN6O2. The third-order valence-corrected chi connectivity index (χ3v) is 6.62. The van der Waals surface area contributed by atoms with Gasteiger partial charge in [-0.3, -0.25) is 9.67 Å². The molecule has 4 atom stereocenters. The number of fused-ring (bicyclic) bond motifs is 2. The van der Waals surface area contributed by atoms with Crippen LogP contribution in [0.3, 0.4) is 0 Å². The number of aromatic hydroxyl groups is 1. The van der Waals surface area contributed by atoms with E-state index in [2.05, 4.69) is 20.4 Å². The number of aliphatic hydroxyl groups is 1. The molecule has 4 heterocycles. The van der Waals surface area contributed by atoms with Gasteiger partial charge in [-0.15, -0.1) is 0 Å². The van der Waals surface area contributed by atoms with E-state index in [1.165, 1.54) is 0 Å². The third kappa shape index (κ3) is 3.82. The van der Waals surface area contributed by atoms with Crippen LogP contribution in [0.15, 0.2) is 43.0 Å². The van der Waals surface area contributed by atoms with Crippen LogP contribution in [0, 0.1) is 0 Å². The number of aliphatic hydroxyl groups excluding tert-OH is 1. The number of nitrogens with one attached hydrogen (secondary N) is 1. The van der Waals surface area contributed by atoms with Crippen molar-refractivity contribution in [1.29, 1.82) is 0 Å². The molecule has 2 unspecified atom stereocenters. The number of nitrogens with zero attached hydrogens (tertiary/aromatic N) is 5. The average molecular weight is 439 g/mol. The Balaban J connectivity index is 1.33. The van der Waals surface area contributed by atoms with Crippen molar-refractivity contribution in [2.45, 2.75) is 50.1 Å². The Morgan fingerprint density at radius 1 is 1.19 bits per heavy atom. The summed E-state index contributed by atoms with van der Waals surface area (Å²) >= 11 is 0. The fraction of sp³-hybridized carbons (Fsp3) is 0.435. The number of rotatable bonds is 6. The topological polar surface area (TPSA) is 99.3 Å². The van der Waals surface area contributed by atoms with Gasteiger partial charge in [0, 0.05) is 36.5 Å². The minimum absolute atomic E-state index is 0.0138. The van der Waals surface area contributed by atoms with Gasteiger partial charge in [-0.05, 0) is 37.0 Å². The molecule has 3 aromatic rings. The van der Waals surface area contributed by atoms with E-state index in [0.717, 1.165) is 30.4 Å². The molecule has 168 valence electrons. The molecule has 2 fully saturated rings. The van der Waals surface area contributed by atoms with Gasteiger partial charge in [0.1, 0.15) is 17.7 Å². The Kier molecular flexibility index (Phi) is 5.52. The fourth-order valence-electron chi connectivity index (χ4n) is 4.83. The first-order valence-electron chi connectivity index (χ1n) is 11.0. The normalized spacial score (nSPS) is 24.6. The first-order valence-corrected chi connectivity index (χ1v) is 11.0. The highest BCUT2D eigenvalue weighted by atomic mass is 19.1. The van der Waals surface area contributed by atoms with Crippen LogP contribution in [0.5, 0.6) is 5.75 Å². The number of alkyl halides is 1. The summed E-state index contributed by atoms with van der Waals surface area (Å²) in [6.07, 6.45) is 8.50. The van der Waals surface area contributed by atoms with Crippen molar-refractivity contribution in [2.24, 2.45) is 0 Å². The first kappa shape index (κ1) is 20.8. The van der Waals surface area contributed by atoms with Gasteiger partial charge < -0.3 is 20.4 Å². The summed E-state index contributed by atoms with van der Waals surface area (Å²) in [7, 11) is 1.87. The van der Waals surface area contributed by atoms with Crippen LogP contribution < -0.4 is 10.2 Å². The highest BCUT2D eigenvalue weighted by molar-refractivity contribution is 5.73. The van der Waals surface area contributed by atoms with E-state index in [1.54, 1.807) is 35.4 Å². The van der Waals surface area contributed by atoms with Crippen molar-refractivity contribution >= 4 is 5.82 Å². The number of hydrogen-bond acceptors (Lipinski definition) is 7. The molecule has 9 heteroatoms. The Morgan fingerprint density at radius 3 is 2.81 bits per heavy atom. The molecule has 2 saturated heterocycles. The van der Waals surface area contributed by atoms with E-state index in [1.807, 2.05) is 24.2 Å². The maximum atomic E-state index is 14.9.